The predicted octanol–water partition coefficient (Wildman–Crippen LogP) is 3.53. The van der Waals surface area contributed by atoms with Crippen molar-refractivity contribution in [2.45, 2.75) is 39.8 Å². The Labute approximate surface area is 103 Å². The van der Waals surface area contributed by atoms with Crippen molar-refractivity contribution in [3.63, 3.8) is 0 Å². The number of nitrogens with one attached hydrogen (secondary N) is 1. The van der Waals surface area contributed by atoms with Gasteiger partial charge in [-0.1, -0.05) is 19.9 Å². The van der Waals surface area contributed by atoms with Gasteiger partial charge in [0.15, 0.2) is 0 Å². The monoisotopic (exact) mass is 239 g/mol. The van der Waals surface area contributed by atoms with Gasteiger partial charge < -0.3 is 10.1 Å². The van der Waals surface area contributed by atoms with Gasteiger partial charge in [0.2, 0.25) is 0 Å². The van der Waals surface area contributed by atoms with Crippen LogP contribution >= 0.6 is 0 Å². The number of halogens is 1. The maximum Gasteiger partial charge on any atom is 0.131 e. The van der Waals surface area contributed by atoms with Gasteiger partial charge >= 0.3 is 0 Å². The Kier molecular flexibility index (Phi) is 4.94. The van der Waals surface area contributed by atoms with Crippen molar-refractivity contribution in [2.75, 3.05) is 7.11 Å². The average Bonchev–Trinajstić information content (AvgIpc) is 2.27. The van der Waals surface area contributed by atoms with Gasteiger partial charge in [0.1, 0.15) is 11.6 Å². The minimum atomic E-state index is -0.222. The molecular formula is C14H22FNO. The largest absolute Gasteiger partial charge is 0.496 e. The summed E-state index contributed by atoms with van der Waals surface area (Å²) in [7, 11) is 1.57. The molecule has 0 heterocycles. The van der Waals surface area contributed by atoms with Gasteiger partial charge in [0.25, 0.3) is 0 Å². The molecule has 3 heteroatoms. The molecule has 1 N–H and O–H groups in total. The standard InChI is InChI=1S/C14H22FNO/c1-9(2)10(3)16-11(4)14-12(15)7-6-8-13(14)17-5/h6-11,16H,1-5H3. The molecule has 2 nitrogen and oxygen atoms in total. The molecule has 0 aliphatic heterocycles. The Morgan fingerprint density at radius 3 is 2.35 bits per heavy atom. The maximum atomic E-state index is 13.8. The summed E-state index contributed by atoms with van der Waals surface area (Å²) in [5, 5.41) is 3.39. The van der Waals surface area contributed by atoms with Crippen molar-refractivity contribution in [1.82, 2.24) is 5.32 Å². The Hall–Kier alpha value is -1.09. The molecule has 0 fully saturated rings. The van der Waals surface area contributed by atoms with E-state index in [-0.39, 0.29) is 11.9 Å². The topological polar surface area (TPSA) is 21.3 Å². The molecule has 0 amide bonds. The van der Waals surface area contributed by atoms with E-state index in [0.29, 0.717) is 23.3 Å². The second-order valence-electron chi connectivity index (χ2n) is 4.78. The summed E-state index contributed by atoms with van der Waals surface area (Å²) >= 11 is 0. The van der Waals surface area contributed by atoms with Crippen LogP contribution in [0.1, 0.15) is 39.3 Å². The van der Waals surface area contributed by atoms with Crippen LogP contribution in [-0.4, -0.2) is 13.2 Å². The minimum absolute atomic E-state index is 0.0662. The summed E-state index contributed by atoms with van der Waals surface area (Å²) < 4.78 is 19.0. The normalized spacial score (nSPS) is 14.8. The summed E-state index contributed by atoms with van der Waals surface area (Å²) in [5.41, 5.74) is 0.600. The van der Waals surface area contributed by atoms with E-state index in [9.17, 15) is 4.39 Å². The highest BCUT2D eigenvalue weighted by molar-refractivity contribution is 5.36. The van der Waals surface area contributed by atoms with Gasteiger partial charge in [-0.2, -0.15) is 0 Å². The molecule has 0 aromatic heterocycles. The highest BCUT2D eigenvalue weighted by Crippen LogP contribution is 2.28. The molecule has 1 aromatic rings. The molecule has 0 saturated carbocycles. The Balaban J connectivity index is 2.91. The van der Waals surface area contributed by atoms with Crippen molar-refractivity contribution >= 4 is 0 Å². The van der Waals surface area contributed by atoms with Crippen LogP contribution in [0, 0.1) is 11.7 Å². The van der Waals surface area contributed by atoms with Crippen LogP contribution in [-0.2, 0) is 0 Å². The first-order valence-electron chi connectivity index (χ1n) is 6.05. The fourth-order valence-corrected chi connectivity index (χ4v) is 1.79. The third-order valence-corrected chi connectivity index (χ3v) is 3.18. The van der Waals surface area contributed by atoms with E-state index in [1.54, 1.807) is 19.2 Å². The number of ether oxygens (including phenoxy) is 1. The van der Waals surface area contributed by atoms with Crippen LogP contribution in [0.4, 0.5) is 4.39 Å². The van der Waals surface area contributed by atoms with Gasteiger partial charge in [-0.3, -0.25) is 0 Å². The number of methoxy groups -OCH3 is 1. The lowest BCUT2D eigenvalue weighted by molar-refractivity contribution is 0.361. The van der Waals surface area contributed by atoms with E-state index in [0.717, 1.165) is 0 Å². The first-order chi connectivity index (χ1) is 7.97. The zero-order valence-corrected chi connectivity index (χ0v) is 11.3. The summed E-state index contributed by atoms with van der Waals surface area (Å²) in [4.78, 5) is 0. The van der Waals surface area contributed by atoms with E-state index in [1.165, 1.54) is 6.07 Å². The van der Waals surface area contributed by atoms with Gasteiger partial charge in [-0.05, 0) is 31.9 Å². The summed E-state index contributed by atoms with van der Waals surface area (Å²) in [6, 6.07) is 5.18. The summed E-state index contributed by atoms with van der Waals surface area (Å²) in [5.74, 6) is 0.886. The number of hydrogen-bond donors (Lipinski definition) is 1. The number of rotatable bonds is 5. The minimum Gasteiger partial charge on any atom is -0.496 e. The molecule has 96 valence electrons. The summed E-state index contributed by atoms with van der Waals surface area (Å²) in [6.07, 6.45) is 0. The fourth-order valence-electron chi connectivity index (χ4n) is 1.79. The molecule has 2 unspecified atom stereocenters. The highest BCUT2D eigenvalue weighted by atomic mass is 19.1. The second kappa shape index (κ2) is 6.01. The molecule has 17 heavy (non-hydrogen) atoms. The molecule has 1 aromatic carbocycles. The maximum absolute atomic E-state index is 13.8. The van der Waals surface area contributed by atoms with Crippen LogP contribution < -0.4 is 10.1 Å². The molecule has 0 aliphatic rings. The van der Waals surface area contributed by atoms with Crippen LogP contribution in [0.2, 0.25) is 0 Å². The smallest absolute Gasteiger partial charge is 0.131 e. The molecule has 0 bridgehead atoms. The lowest BCUT2D eigenvalue weighted by Crippen LogP contribution is -2.33. The fraction of sp³-hybridized carbons (Fsp3) is 0.571. The molecular weight excluding hydrogens is 217 g/mol. The molecule has 2 atom stereocenters. The quantitative estimate of drug-likeness (QED) is 0.848. The zero-order valence-electron chi connectivity index (χ0n) is 11.3. The Morgan fingerprint density at radius 2 is 1.82 bits per heavy atom. The van der Waals surface area contributed by atoms with Crippen LogP contribution in [0.25, 0.3) is 0 Å². The Bertz CT molecular complexity index is 365. The van der Waals surface area contributed by atoms with Crippen molar-refractivity contribution < 1.29 is 9.13 Å². The molecule has 1 rings (SSSR count). The van der Waals surface area contributed by atoms with Gasteiger partial charge in [-0.15, -0.1) is 0 Å². The van der Waals surface area contributed by atoms with Crippen molar-refractivity contribution in [1.29, 1.82) is 0 Å². The summed E-state index contributed by atoms with van der Waals surface area (Å²) in [6.45, 7) is 8.35. The van der Waals surface area contributed by atoms with Gasteiger partial charge in [0.05, 0.1) is 7.11 Å². The van der Waals surface area contributed by atoms with E-state index < -0.39 is 0 Å². The first-order valence-corrected chi connectivity index (χ1v) is 6.05. The van der Waals surface area contributed by atoms with E-state index >= 15 is 0 Å². The third-order valence-electron chi connectivity index (χ3n) is 3.18. The molecule has 0 spiro atoms. The van der Waals surface area contributed by atoms with Crippen molar-refractivity contribution in [2.24, 2.45) is 5.92 Å². The average molecular weight is 239 g/mol. The van der Waals surface area contributed by atoms with Crippen LogP contribution in [0.5, 0.6) is 5.75 Å². The van der Waals surface area contributed by atoms with E-state index in [1.807, 2.05) is 6.92 Å². The predicted molar refractivity (Wildman–Crippen MR) is 68.8 cm³/mol. The van der Waals surface area contributed by atoms with E-state index in [4.69, 9.17) is 4.74 Å². The SMILES string of the molecule is COc1cccc(F)c1C(C)NC(C)C(C)C. The highest BCUT2D eigenvalue weighted by Gasteiger charge is 2.18. The van der Waals surface area contributed by atoms with Crippen molar-refractivity contribution in [3.8, 4) is 5.75 Å². The number of benzene rings is 1. The van der Waals surface area contributed by atoms with Crippen LogP contribution in [0.3, 0.4) is 0 Å². The van der Waals surface area contributed by atoms with Crippen molar-refractivity contribution in [3.05, 3.63) is 29.6 Å². The lowest BCUT2D eigenvalue weighted by atomic mass is 10.0. The number of hydrogen-bond acceptors (Lipinski definition) is 2. The van der Waals surface area contributed by atoms with Gasteiger partial charge in [-0.25, -0.2) is 4.39 Å². The van der Waals surface area contributed by atoms with Crippen LogP contribution in [0.15, 0.2) is 18.2 Å². The van der Waals surface area contributed by atoms with E-state index in [2.05, 4.69) is 26.1 Å². The molecule has 0 radical (unpaired) electrons. The second-order valence-corrected chi connectivity index (χ2v) is 4.78. The lowest BCUT2D eigenvalue weighted by Gasteiger charge is -2.24. The zero-order chi connectivity index (χ0) is 13.0. The molecule has 0 saturated heterocycles. The Morgan fingerprint density at radius 1 is 1.18 bits per heavy atom. The van der Waals surface area contributed by atoms with Gasteiger partial charge in [0, 0.05) is 17.6 Å². The third kappa shape index (κ3) is 3.43. The molecule has 0 aliphatic carbocycles. The first kappa shape index (κ1) is 14.0.